The molecule has 0 spiro atoms. The van der Waals surface area contributed by atoms with Gasteiger partial charge in [-0.1, -0.05) is 34.1 Å². The predicted octanol–water partition coefficient (Wildman–Crippen LogP) is 1.50. The van der Waals surface area contributed by atoms with Gasteiger partial charge >= 0.3 is 29.3 Å². The van der Waals surface area contributed by atoms with Gasteiger partial charge in [0.1, 0.15) is 0 Å². The zero-order chi connectivity index (χ0) is 15.4. The van der Waals surface area contributed by atoms with Crippen LogP contribution in [0.5, 0.6) is 0 Å². The van der Waals surface area contributed by atoms with Crippen LogP contribution in [0.3, 0.4) is 0 Å². The third-order valence-electron chi connectivity index (χ3n) is 3.08. The smallest absolute Gasteiger partial charge is 1.00 e. The Hall–Kier alpha value is 0.897. The predicted molar refractivity (Wildman–Crippen MR) is 87.5 cm³/mol. The first-order chi connectivity index (χ1) is 8.74. The monoisotopic (exact) mass is 323 g/mol. The third kappa shape index (κ3) is 18.9. The molecule has 0 aliphatic carbocycles. The van der Waals surface area contributed by atoms with Crippen LogP contribution in [0.1, 0.15) is 61.2 Å². The molecule has 0 radical (unpaired) electrons. The second-order valence-corrected chi connectivity index (χ2v) is 10.4. The molecule has 7 heteroatoms. The summed E-state index contributed by atoms with van der Waals surface area (Å²) < 4.78 is 31.6. The Morgan fingerprint density at radius 2 is 1.10 bits per heavy atom. The van der Waals surface area contributed by atoms with Crippen LogP contribution < -0.4 is 18.9 Å². The molecular formula is C13H33LiO4PS+. The normalized spacial score (nSPS) is 11.3. The minimum Gasteiger partial charge on any atom is -1.00 e. The van der Waals surface area contributed by atoms with E-state index in [1.165, 1.54) is 32.1 Å². The zero-order valence-corrected chi connectivity index (χ0v) is 15.6. The summed E-state index contributed by atoms with van der Waals surface area (Å²) >= 11 is 0. The van der Waals surface area contributed by atoms with Crippen LogP contribution in [0.2, 0.25) is 0 Å². The van der Waals surface area contributed by atoms with E-state index in [9.17, 15) is 0 Å². The second-order valence-electron chi connectivity index (χ2n) is 5.04. The molecule has 0 aliphatic rings. The SMILES string of the molecule is CCCC[P+](CCC)(CCC)CCC.O=S(=O)(O)O.[H-].[Li+]. The summed E-state index contributed by atoms with van der Waals surface area (Å²) in [5, 5.41) is 0. The van der Waals surface area contributed by atoms with Crippen LogP contribution in [0.4, 0.5) is 0 Å². The zero-order valence-electron chi connectivity index (χ0n) is 14.9. The van der Waals surface area contributed by atoms with Crippen LogP contribution in [-0.2, 0) is 10.4 Å². The van der Waals surface area contributed by atoms with Crippen molar-refractivity contribution in [1.82, 2.24) is 0 Å². The Balaban J connectivity index is -0.000000179. The molecule has 0 saturated carbocycles. The molecular weight excluding hydrogens is 290 g/mol. The quantitative estimate of drug-likeness (QED) is 0.383. The average molecular weight is 323 g/mol. The summed E-state index contributed by atoms with van der Waals surface area (Å²) in [6.45, 7) is 9.43. The van der Waals surface area contributed by atoms with Crippen molar-refractivity contribution in [3.63, 3.8) is 0 Å². The molecule has 0 bridgehead atoms. The molecule has 0 aromatic carbocycles. The Morgan fingerprint density at radius 1 is 0.800 bits per heavy atom. The van der Waals surface area contributed by atoms with Gasteiger partial charge in [-0.2, -0.15) is 8.42 Å². The van der Waals surface area contributed by atoms with Gasteiger partial charge in [-0.25, -0.2) is 0 Å². The Labute approximate surface area is 140 Å². The van der Waals surface area contributed by atoms with Crippen molar-refractivity contribution in [3.8, 4) is 0 Å². The molecule has 0 heterocycles. The van der Waals surface area contributed by atoms with E-state index in [0.29, 0.717) is 0 Å². The molecule has 20 heavy (non-hydrogen) atoms. The summed E-state index contributed by atoms with van der Waals surface area (Å²) in [6.07, 6.45) is 13.4. The number of hydrogen-bond acceptors (Lipinski definition) is 2. The van der Waals surface area contributed by atoms with Crippen molar-refractivity contribution >= 4 is 17.7 Å². The van der Waals surface area contributed by atoms with Gasteiger partial charge in [0, 0.05) is 7.26 Å². The molecule has 0 aliphatic heterocycles. The third-order valence-corrected chi connectivity index (χ3v) is 8.53. The minimum atomic E-state index is -4.67. The van der Waals surface area contributed by atoms with Gasteiger partial charge in [-0.15, -0.1) is 0 Å². The fraction of sp³-hybridized carbons (Fsp3) is 1.00. The molecule has 0 rings (SSSR count). The maximum Gasteiger partial charge on any atom is 1.00 e. The topological polar surface area (TPSA) is 74.6 Å². The van der Waals surface area contributed by atoms with E-state index >= 15 is 0 Å². The van der Waals surface area contributed by atoms with Crippen LogP contribution >= 0.6 is 7.26 Å². The van der Waals surface area contributed by atoms with Crippen LogP contribution in [-0.4, -0.2) is 42.2 Å². The van der Waals surface area contributed by atoms with E-state index in [0.717, 1.165) is 0 Å². The summed E-state index contributed by atoms with van der Waals surface area (Å²) in [6, 6.07) is 0. The van der Waals surface area contributed by atoms with Crippen molar-refractivity contribution in [1.29, 1.82) is 0 Å². The van der Waals surface area contributed by atoms with Crippen LogP contribution in [0.25, 0.3) is 0 Å². The van der Waals surface area contributed by atoms with Gasteiger partial charge in [-0.05, 0) is 25.7 Å². The first kappa shape index (κ1) is 25.8. The first-order valence-corrected chi connectivity index (χ1v) is 11.2. The molecule has 120 valence electrons. The van der Waals surface area contributed by atoms with E-state index in [1.54, 1.807) is 24.6 Å². The minimum absolute atomic E-state index is 0. The number of rotatable bonds is 9. The molecule has 0 atom stereocenters. The second kappa shape index (κ2) is 14.8. The number of hydrogen-bond donors (Lipinski definition) is 2. The molecule has 0 fully saturated rings. The van der Waals surface area contributed by atoms with Crippen molar-refractivity contribution in [2.24, 2.45) is 0 Å². The van der Waals surface area contributed by atoms with E-state index < -0.39 is 17.7 Å². The fourth-order valence-corrected chi connectivity index (χ4v) is 7.76. The van der Waals surface area contributed by atoms with E-state index in [-0.39, 0.29) is 20.3 Å². The van der Waals surface area contributed by atoms with Crippen molar-refractivity contribution in [3.05, 3.63) is 0 Å². The maximum atomic E-state index is 8.74. The molecule has 0 aromatic heterocycles. The van der Waals surface area contributed by atoms with Crippen LogP contribution in [0.15, 0.2) is 0 Å². The van der Waals surface area contributed by atoms with Gasteiger partial charge < -0.3 is 1.43 Å². The largest absolute Gasteiger partial charge is 1.00 e. The van der Waals surface area contributed by atoms with E-state index in [2.05, 4.69) is 27.7 Å². The average Bonchev–Trinajstić information content (AvgIpc) is 2.25. The summed E-state index contributed by atoms with van der Waals surface area (Å²) in [7, 11) is -5.18. The van der Waals surface area contributed by atoms with Gasteiger partial charge in [0.05, 0.1) is 24.6 Å². The molecule has 0 unspecified atom stereocenters. The molecule has 0 saturated heterocycles. The van der Waals surface area contributed by atoms with E-state index in [4.69, 9.17) is 17.5 Å². The molecule has 2 N–H and O–H groups in total. The molecule has 4 nitrogen and oxygen atoms in total. The molecule has 0 aromatic rings. The fourth-order valence-electron chi connectivity index (χ4n) is 2.59. The first-order valence-electron chi connectivity index (χ1n) is 7.29. The summed E-state index contributed by atoms with van der Waals surface area (Å²) in [5.74, 6) is 0. The van der Waals surface area contributed by atoms with Gasteiger partial charge in [-0.3, -0.25) is 9.11 Å². The van der Waals surface area contributed by atoms with Gasteiger partial charge in [0.15, 0.2) is 0 Å². The van der Waals surface area contributed by atoms with Crippen LogP contribution in [0, 0.1) is 0 Å². The van der Waals surface area contributed by atoms with Crippen molar-refractivity contribution in [2.75, 3.05) is 24.6 Å². The maximum absolute atomic E-state index is 8.74. The number of unbranched alkanes of at least 4 members (excludes halogenated alkanes) is 1. The van der Waals surface area contributed by atoms with Gasteiger partial charge in [0.2, 0.25) is 0 Å². The molecule has 0 amide bonds. The summed E-state index contributed by atoms with van der Waals surface area (Å²) in [4.78, 5) is 0. The van der Waals surface area contributed by atoms with E-state index in [1.807, 2.05) is 0 Å². The van der Waals surface area contributed by atoms with Crippen molar-refractivity contribution in [2.45, 2.75) is 59.8 Å². The summed E-state index contributed by atoms with van der Waals surface area (Å²) in [5.41, 5.74) is 0. The Kier molecular flexibility index (Phi) is 19.1. The van der Waals surface area contributed by atoms with Crippen molar-refractivity contribution < 1.29 is 37.8 Å². The van der Waals surface area contributed by atoms with Gasteiger partial charge in [0.25, 0.3) is 0 Å². The Bertz CT molecular complexity index is 278. The standard InChI is InChI=1S/C13H30P.Li.H2O4S.H/c1-5-9-13-14(10-6-2,11-7-3)12-8-4;;1-5(2,3)4;/h5-13H2,1-4H3;;(H2,1,2,3,4);/q2*+1;;-1. The Morgan fingerprint density at radius 3 is 1.30 bits per heavy atom.